The molecule has 4 aromatic rings. The predicted octanol–water partition coefficient (Wildman–Crippen LogP) is 7.74. The van der Waals surface area contributed by atoms with Gasteiger partial charge in [-0.05, 0) is 73.1 Å². The van der Waals surface area contributed by atoms with Gasteiger partial charge in [-0.3, -0.25) is 9.69 Å². The van der Waals surface area contributed by atoms with Crippen LogP contribution in [0.15, 0.2) is 101 Å². The molecule has 0 unspecified atom stereocenters. The highest BCUT2D eigenvalue weighted by molar-refractivity contribution is 8.18. The number of hydrogen-bond donors (Lipinski definition) is 0. The topological polar surface area (TPSA) is 41.9 Å². The Labute approximate surface area is 216 Å². The lowest BCUT2D eigenvalue weighted by Crippen LogP contribution is -2.35. The molecular weight excluding hydrogens is 464 g/mol. The van der Waals surface area contributed by atoms with E-state index in [1.54, 1.807) is 4.90 Å². The molecule has 5 heteroatoms. The lowest BCUT2D eigenvalue weighted by atomic mass is 10.0. The molecule has 5 rings (SSSR count). The summed E-state index contributed by atoms with van der Waals surface area (Å²) in [6.45, 7) is 6.53. The van der Waals surface area contributed by atoms with Gasteiger partial charge in [-0.2, -0.15) is 0 Å². The normalized spacial score (nSPS) is 16.0. The standard InChI is InChI=1S/C31H28N2O2S/c1-21(2)33-30(34)29(36-31(33)32-25-16-13-22(3)14-17-25)19-27-26-12-8-7-11-24(26)15-18-28(27)35-20-23-9-5-4-6-10-23/h4-19,21H,20H2,1-3H3/b29-19+,32-31?. The zero-order valence-electron chi connectivity index (χ0n) is 20.6. The summed E-state index contributed by atoms with van der Waals surface area (Å²) in [5.74, 6) is 0.710. The van der Waals surface area contributed by atoms with Crippen molar-refractivity contribution < 1.29 is 9.53 Å². The van der Waals surface area contributed by atoms with Crippen LogP contribution in [0.1, 0.15) is 30.5 Å². The van der Waals surface area contributed by atoms with Gasteiger partial charge in [-0.15, -0.1) is 0 Å². The number of carbonyl (C=O) groups is 1. The quantitative estimate of drug-likeness (QED) is 0.259. The number of nitrogens with zero attached hydrogens (tertiary/aromatic N) is 2. The molecule has 4 nitrogen and oxygen atoms in total. The highest BCUT2D eigenvalue weighted by Gasteiger charge is 2.35. The molecule has 0 spiro atoms. The SMILES string of the molecule is Cc1ccc(N=C2S/C(=C/c3c(OCc4ccccc4)ccc4ccccc34)C(=O)N2C(C)C)cc1. The first-order chi connectivity index (χ1) is 17.5. The molecule has 0 bridgehead atoms. The van der Waals surface area contributed by atoms with Crippen LogP contribution >= 0.6 is 11.8 Å². The monoisotopic (exact) mass is 492 g/mol. The van der Waals surface area contributed by atoms with E-state index < -0.39 is 0 Å². The first-order valence-electron chi connectivity index (χ1n) is 12.1. The van der Waals surface area contributed by atoms with E-state index in [9.17, 15) is 4.79 Å². The maximum Gasteiger partial charge on any atom is 0.266 e. The molecule has 0 aromatic heterocycles. The zero-order valence-corrected chi connectivity index (χ0v) is 21.5. The second kappa shape index (κ2) is 10.4. The zero-order chi connectivity index (χ0) is 25.1. The summed E-state index contributed by atoms with van der Waals surface area (Å²) in [6.07, 6.45) is 1.96. The van der Waals surface area contributed by atoms with Crippen molar-refractivity contribution in [2.45, 2.75) is 33.4 Å². The van der Waals surface area contributed by atoms with E-state index in [0.717, 1.165) is 33.3 Å². The summed E-state index contributed by atoms with van der Waals surface area (Å²) in [7, 11) is 0. The third-order valence-electron chi connectivity index (χ3n) is 6.06. The molecule has 0 saturated carbocycles. The van der Waals surface area contributed by atoms with E-state index in [-0.39, 0.29) is 11.9 Å². The Balaban J connectivity index is 1.55. The maximum absolute atomic E-state index is 13.5. The van der Waals surface area contributed by atoms with Crippen LogP contribution in [-0.4, -0.2) is 22.0 Å². The molecule has 180 valence electrons. The smallest absolute Gasteiger partial charge is 0.266 e. The molecule has 0 N–H and O–H groups in total. The summed E-state index contributed by atoms with van der Waals surface area (Å²) < 4.78 is 6.28. The molecule has 0 aliphatic carbocycles. The van der Waals surface area contributed by atoms with Crippen LogP contribution in [0.2, 0.25) is 0 Å². The van der Waals surface area contributed by atoms with Crippen LogP contribution in [0, 0.1) is 6.92 Å². The Bertz CT molecular complexity index is 1460. The number of amidine groups is 1. The van der Waals surface area contributed by atoms with Crippen molar-refractivity contribution in [2.75, 3.05) is 0 Å². The molecule has 0 atom stereocenters. The van der Waals surface area contributed by atoms with E-state index in [1.807, 2.05) is 99.6 Å². The van der Waals surface area contributed by atoms with Crippen LogP contribution in [0.4, 0.5) is 5.69 Å². The third-order valence-corrected chi connectivity index (χ3v) is 7.04. The van der Waals surface area contributed by atoms with E-state index in [4.69, 9.17) is 9.73 Å². The summed E-state index contributed by atoms with van der Waals surface area (Å²) in [5, 5.41) is 2.84. The fraction of sp³-hybridized carbons (Fsp3) is 0.161. The van der Waals surface area contributed by atoms with Gasteiger partial charge in [-0.1, -0.05) is 78.4 Å². The summed E-state index contributed by atoms with van der Waals surface area (Å²) in [6, 6.07) is 30.3. The average molecular weight is 493 g/mol. The van der Waals surface area contributed by atoms with Crippen molar-refractivity contribution >= 4 is 45.4 Å². The number of benzene rings is 4. The molecule has 1 saturated heterocycles. The number of hydrogen-bond acceptors (Lipinski definition) is 4. The van der Waals surface area contributed by atoms with Gasteiger partial charge in [0.1, 0.15) is 12.4 Å². The van der Waals surface area contributed by atoms with E-state index in [2.05, 4.69) is 18.2 Å². The van der Waals surface area contributed by atoms with Crippen molar-refractivity contribution in [3.05, 3.63) is 113 Å². The minimum atomic E-state index is -0.0391. The third kappa shape index (κ3) is 5.07. The van der Waals surface area contributed by atoms with E-state index >= 15 is 0 Å². The van der Waals surface area contributed by atoms with Crippen molar-refractivity contribution in [3.8, 4) is 5.75 Å². The van der Waals surface area contributed by atoms with Gasteiger partial charge in [0.2, 0.25) is 0 Å². The Hall–Kier alpha value is -3.83. The minimum absolute atomic E-state index is 0.0126. The van der Waals surface area contributed by atoms with E-state index in [1.165, 1.54) is 17.3 Å². The Kier molecular flexibility index (Phi) is 6.92. The number of aliphatic imine (C=N–C) groups is 1. The number of thioether (sulfide) groups is 1. The van der Waals surface area contributed by atoms with Crippen LogP contribution < -0.4 is 4.74 Å². The van der Waals surface area contributed by atoms with Crippen LogP contribution in [-0.2, 0) is 11.4 Å². The second-order valence-corrected chi connectivity index (χ2v) is 10.1. The molecule has 1 heterocycles. The largest absolute Gasteiger partial charge is 0.488 e. The number of aryl methyl sites for hydroxylation is 1. The van der Waals surface area contributed by atoms with Gasteiger partial charge in [-0.25, -0.2) is 4.99 Å². The molecular formula is C31H28N2O2S. The average Bonchev–Trinajstić information content (AvgIpc) is 3.20. The van der Waals surface area contributed by atoms with Crippen LogP contribution in [0.3, 0.4) is 0 Å². The summed E-state index contributed by atoms with van der Waals surface area (Å²) in [4.78, 5) is 20.8. The van der Waals surface area contributed by atoms with Gasteiger partial charge in [0, 0.05) is 11.6 Å². The number of rotatable bonds is 6. The van der Waals surface area contributed by atoms with Crippen LogP contribution in [0.25, 0.3) is 16.8 Å². The molecule has 1 fully saturated rings. The molecule has 1 aliphatic heterocycles. The number of ether oxygens (including phenoxy) is 1. The van der Waals surface area contributed by atoms with Gasteiger partial charge in [0.15, 0.2) is 5.17 Å². The molecule has 1 amide bonds. The van der Waals surface area contributed by atoms with Gasteiger partial charge < -0.3 is 4.74 Å². The Morgan fingerprint density at radius 3 is 2.39 bits per heavy atom. The van der Waals surface area contributed by atoms with Gasteiger partial charge in [0.25, 0.3) is 5.91 Å². The molecule has 0 radical (unpaired) electrons. The second-order valence-electron chi connectivity index (χ2n) is 9.08. The summed E-state index contributed by atoms with van der Waals surface area (Å²) in [5.41, 5.74) is 4.00. The molecule has 1 aliphatic rings. The lowest BCUT2D eigenvalue weighted by Gasteiger charge is -2.19. The molecule has 4 aromatic carbocycles. The number of amides is 1. The van der Waals surface area contributed by atoms with Crippen molar-refractivity contribution in [3.63, 3.8) is 0 Å². The van der Waals surface area contributed by atoms with Crippen molar-refractivity contribution in [1.29, 1.82) is 0 Å². The van der Waals surface area contributed by atoms with Gasteiger partial charge >= 0.3 is 0 Å². The maximum atomic E-state index is 13.5. The van der Waals surface area contributed by atoms with Gasteiger partial charge in [0.05, 0.1) is 10.6 Å². The lowest BCUT2D eigenvalue weighted by molar-refractivity contribution is -0.123. The van der Waals surface area contributed by atoms with E-state index in [0.29, 0.717) is 16.7 Å². The minimum Gasteiger partial charge on any atom is -0.488 e. The fourth-order valence-corrected chi connectivity index (χ4v) is 5.27. The predicted molar refractivity (Wildman–Crippen MR) is 151 cm³/mol. The highest BCUT2D eigenvalue weighted by atomic mass is 32.2. The fourth-order valence-electron chi connectivity index (χ4n) is 4.17. The Morgan fingerprint density at radius 2 is 1.64 bits per heavy atom. The molecule has 36 heavy (non-hydrogen) atoms. The first-order valence-corrected chi connectivity index (χ1v) is 12.9. The number of fused-ring (bicyclic) bond motifs is 1. The highest BCUT2D eigenvalue weighted by Crippen LogP contribution is 2.38. The van der Waals surface area contributed by atoms with Crippen LogP contribution in [0.5, 0.6) is 5.75 Å². The summed E-state index contributed by atoms with van der Waals surface area (Å²) >= 11 is 1.41. The van der Waals surface area contributed by atoms with Crippen molar-refractivity contribution in [2.24, 2.45) is 4.99 Å². The Morgan fingerprint density at radius 1 is 0.917 bits per heavy atom. The first kappa shape index (κ1) is 23.9. The number of carbonyl (C=O) groups excluding carboxylic acids is 1. The van der Waals surface area contributed by atoms with Crippen molar-refractivity contribution in [1.82, 2.24) is 4.90 Å².